The summed E-state index contributed by atoms with van der Waals surface area (Å²) < 4.78 is 5.54. The van der Waals surface area contributed by atoms with E-state index in [0.29, 0.717) is 12.0 Å². The largest absolute Gasteiger partial charge is 0.381 e. The number of ether oxygens (including phenoxy) is 1. The molecule has 14 heavy (non-hydrogen) atoms. The van der Waals surface area contributed by atoms with Gasteiger partial charge in [-0.3, -0.25) is 4.98 Å². The van der Waals surface area contributed by atoms with Gasteiger partial charge in [0.2, 0.25) is 0 Å². The molecule has 1 aromatic rings. The lowest BCUT2D eigenvalue weighted by molar-refractivity contribution is 0.0523. The maximum Gasteiger partial charge on any atom is 0.0639 e. The average molecular weight is 191 g/mol. The van der Waals surface area contributed by atoms with Crippen molar-refractivity contribution in [2.24, 2.45) is 0 Å². The number of pyridine rings is 1. The molecule has 1 saturated carbocycles. The molecule has 0 radical (unpaired) electrons. The van der Waals surface area contributed by atoms with Crippen molar-refractivity contribution in [2.75, 3.05) is 7.11 Å². The number of nitrogens with zero attached hydrogens (tertiary/aromatic N) is 1. The van der Waals surface area contributed by atoms with Crippen molar-refractivity contribution >= 4 is 0 Å². The topological polar surface area (TPSA) is 22.1 Å². The van der Waals surface area contributed by atoms with Crippen LogP contribution in [0.25, 0.3) is 0 Å². The monoisotopic (exact) mass is 191 g/mol. The zero-order valence-corrected chi connectivity index (χ0v) is 8.65. The molecule has 1 aliphatic carbocycles. The van der Waals surface area contributed by atoms with Gasteiger partial charge in [0.15, 0.2) is 0 Å². The van der Waals surface area contributed by atoms with Crippen LogP contribution >= 0.6 is 0 Å². The minimum Gasteiger partial charge on any atom is -0.381 e. The van der Waals surface area contributed by atoms with E-state index in [1.54, 1.807) is 0 Å². The smallest absolute Gasteiger partial charge is 0.0639 e. The Balaban J connectivity index is 2.15. The van der Waals surface area contributed by atoms with E-state index in [0.717, 1.165) is 0 Å². The SMILES string of the molecule is COC1CCCCC1c1ccncc1. The van der Waals surface area contributed by atoms with Gasteiger partial charge in [-0.25, -0.2) is 0 Å². The summed E-state index contributed by atoms with van der Waals surface area (Å²) in [5, 5.41) is 0. The van der Waals surface area contributed by atoms with Crippen molar-refractivity contribution in [2.45, 2.75) is 37.7 Å². The Kier molecular flexibility index (Phi) is 3.14. The molecule has 0 aliphatic heterocycles. The number of hydrogen-bond donors (Lipinski definition) is 0. The maximum atomic E-state index is 5.54. The number of aromatic nitrogens is 1. The normalized spacial score (nSPS) is 27.5. The minimum atomic E-state index is 0.408. The van der Waals surface area contributed by atoms with Crippen LogP contribution in [0.1, 0.15) is 37.2 Å². The van der Waals surface area contributed by atoms with Crippen LogP contribution in [0.2, 0.25) is 0 Å². The lowest BCUT2D eigenvalue weighted by Crippen LogP contribution is -2.24. The first-order valence-corrected chi connectivity index (χ1v) is 5.34. The van der Waals surface area contributed by atoms with E-state index in [1.165, 1.54) is 31.2 Å². The zero-order valence-electron chi connectivity index (χ0n) is 8.65. The summed E-state index contributed by atoms with van der Waals surface area (Å²) in [5.41, 5.74) is 1.38. The fourth-order valence-corrected chi connectivity index (χ4v) is 2.37. The van der Waals surface area contributed by atoms with Gasteiger partial charge in [-0.15, -0.1) is 0 Å². The molecule has 2 unspecified atom stereocenters. The summed E-state index contributed by atoms with van der Waals surface area (Å²) in [6.07, 6.45) is 9.23. The fourth-order valence-electron chi connectivity index (χ4n) is 2.37. The average Bonchev–Trinajstić information content (AvgIpc) is 2.30. The van der Waals surface area contributed by atoms with Crippen LogP contribution < -0.4 is 0 Å². The highest BCUT2D eigenvalue weighted by molar-refractivity contribution is 5.18. The highest BCUT2D eigenvalue weighted by atomic mass is 16.5. The van der Waals surface area contributed by atoms with Gasteiger partial charge in [0.05, 0.1) is 6.10 Å². The predicted molar refractivity (Wildman–Crippen MR) is 56.2 cm³/mol. The molecule has 0 N–H and O–H groups in total. The predicted octanol–water partition coefficient (Wildman–Crippen LogP) is 2.75. The molecule has 0 amide bonds. The third-order valence-electron chi connectivity index (χ3n) is 3.14. The molecule has 2 rings (SSSR count). The Morgan fingerprint density at radius 3 is 2.64 bits per heavy atom. The van der Waals surface area contributed by atoms with Crippen molar-refractivity contribution in [3.63, 3.8) is 0 Å². The molecule has 1 fully saturated rings. The van der Waals surface area contributed by atoms with E-state index in [4.69, 9.17) is 4.74 Å². The second-order valence-electron chi connectivity index (χ2n) is 3.95. The second kappa shape index (κ2) is 4.56. The molecule has 2 nitrogen and oxygen atoms in total. The lowest BCUT2D eigenvalue weighted by Gasteiger charge is -2.30. The highest BCUT2D eigenvalue weighted by Gasteiger charge is 2.25. The quantitative estimate of drug-likeness (QED) is 0.717. The van der Waals surface area contributed by atoms with Crippen LogP contribution in [0.15, 0.2) is 24.5 Å². The van der Waals surface area contributed by atoms with Gasteiger partial charge in [-0.1, -0.05) is 12.8 Å². The molecular weight excluding hydrogens is 174 g/mol. The Morgan fingerprint density at radius 2 is 1.93 bits per heavy atom. The van der Waals surface area contributed by atoms with Crippen molar-refractivity contribution in [1.82, 2.24) is 4.98 Å². The summed E-state index contributed by atoms with van der Waals surface area (Å²) >= 11 is 0. The molecule has 76 valence electrons. The van der Waals surface area contributed by atoms with Gasteiger partial charge < -0.3 is 4.74 Å². The van der Waals surface area contributed by atoms with E-state index in [-0.39, 0.29) is 0 Å². The summed E-state index contributed by atoms with van der Waals surface area (Å²) in [4.78, 5) is 4.05. The summed E-state index contributed by atoms with van der Waals surface area (Å²) in [6, 6.07) is 4.23. The van der Waals surface area contributed by atoms with Gasteiger partial charge in [-0.2, -0.15) is 0 Å². The number of rotatable bonds is 2. The zero-order chi connectivity index (χ0) is 9.80. The maximum absolute atomic E-state index is 5.54. The van der Waals surface area contributed by atoms with E-state index in [9.17, 15) is 0 Å². The third-order valence-corrected chi connectivity index (χ3v) is 3.14. The molecule has 1 heterocycles. The summed E-state index contributed by atoms with van der Waals surface area (Å²) in [7, 11) is 1.82. The first-order valence-electron chi connectivity index (χ1n) is 5.34. The van der Waals surface area contributed by atoms with E-state index < -0.39 is 0 Å². The van der Waals surface area contributed by atoms with Crippen LogP contribution in [-0.2, 0) is 4.74 Å². The molecular formula is C12H17NO. The van der Waals surface area contributed by atoms with Crippen molar-refractivity contribution in [1.29, 1.82) is 0 Å². The molecule has 2 heteroatoms. The molecule has 2 atom stereocenters. The van der Waals surface area contributed by atoms with E-state index >= 15 is 0 Å². The van der Waals surface area contributed by atoms with Crippen LogP contribution in [0.4, 0.5) is 0 Å². The van der Waals surface area contributed by atoms with Crippen molar-refractivity contribution < 1.29 is 4.74 Å². The Hall–Kier alpha value is -0.890. The van der Waals surface area contributed by atoms with Crippen LogP contribution in [0, 0.1) is 0 Å². The third kappa shape index (κ3) is 1.95. The molecule has 0 saturated heterocycles. The van der Waals surface area contributed by atoms with E-state index in [2.05, 4.69) is 17.1 Å². The van der Waals surface area contributed by atoms with Crippen molar-refractivity contribution in [3.8, 4) is 0 Å². The molecule has 1 aliphatic rings. The fraction of sp³-hybridized carbons (Fsp3) is 0.583. The number of methoxy groups -OCH3 is 1. The Bertz CT molecular complexity index is 273. The van der Waals surface area contributed by atoms with Gasteiger partial charge in [-0.05, 0) is 30.5 Å². The van der Waals surface area contributed by atoms with Crippen LogP contribution in [0.5, 0.6) is 0 Å². The first kappa shape index (κ1) is 9.66. The summed E-state index contributed by atoms with van der Waals surface area (Å²) in [6.45, 7) is 0. The molecule has 0 aromatic carbocycles. The summed E-state index contributed by atoms with van der Waals surface area (Å²) in [5.74, 6) is 0.580. The highest BCUT2D eigenvalue weighted by Crippen LogP contribution is 2.34. The molecule has 1 aromatic heterocycles. The Morgan fingerprint density at radius 1 is 1.21 bits per heavy atom. The van der Waals surface area contributed by atoms with Crippen LogP contribution in [-0.4, -0.2) is 18.2 Å². The van der Waals surface area contributed by atoms with Gasteiger partial charge in [0.1, 0.15) is 0 Å². The Labute approximate surface area is 85.3 Å². The van der Waals surface area contributed by atoms with Crippen molar-refractivity contribution in [3.05, 3.63) is 30.1 Å². The standard InChI is InChI=1S/C12H17NO/c1-14-12-5-3-2-4-11(12)10-6-8-13-9-7-10/h6-9,11-12H,2-5H2,1H3. The van der Waals surface area contributed by atoms with Crippen LogP contribution in [0.3, 0.4) is 0 Å². The second-order valence-corrected chi connectivity index (χ2v) is 3.95. The van der Waals surface area contributed by atoms with Gasteiger partial charge >= 0.3 is 0 Å². The van der Waals surface area contributed by atoms with E-state index in [1.807, 2.05) is 19.5 Å². The lowest BCUT2D eigenvalue weighted by atomic mass is 9.82. The van der Waals surface area contributed by atoms with Gasteiger partial charge in [0.25, 0.3) is 0 Å². The molecule has 0 spiro atoms. The molecule has 0 bridgehead atoms. The number of hydrogen-bond acceptors (Lipinski definition) is 2. The minimum absolute atomic E-state index is 0.408. The van der Waals surface area contributed by atoms with Gasteiger partial charge in [0, 0.05) is 25.4 Å². The first-order chi connectivity index (χ1) is 6.92.